The van der Waals surface area contributed by atoms with Crippen molar-refractivity contribution in [2.75, 3.05) is 7.11 Å². The largest absolute Gasteiger partial charge is 0.496 e. The summed E-state index contributed by atoms with van der Waals surface area (Å²) in [6.07, 6.45) is 0. The average Bonchev–Trinajstić information content (AvgIpc) is 2.16. The van der Waals surface area contributed by atoms with E-state index in [4.69, 9.17) is 9.84 Å². The number of hydrogen-bond acceptors (Lipinski definition) is 2. The van der Waals surface area contributed by atoms with Crippen LogP contribution in [0.25, 0.3) is 0 Å². The highest BCUT2D eigenvalue weighted by Crippen LogP contribution is 2.33. The third kappa shape index (κ3) is 2.50. The minimum Gasteiger partial charge on any atom is -0.496 e. The second-order valence-corrected chi connectivity index (χ2v) is 4.45. The Morgan fingerprint density at radius 2 is 2.07 bits per heavy atom. The maximum absolute atomic E-state index is 11.0. The van der Waals surface area contributed by atoms with Crippen LogP contribution in [0.15, 0.2) is 16.6 Å². The van der Waals surface area contributed by atoms with E-state index in [0.717, 1.165) is 10.0 Å². The zero-order chi connectivity index (χ0) is 11.6. The molecule has 0 aliphatic carbocycles. The molecule has 0 bridgehead atoms. The maximum atomic E-state index is 11.0. The van der Waals surface area contributed by atoms with E-state index in [1.165, 1.54) is 7.11 Å². The van der Waals surface area contributed by atoms with E-state index >= 15 is 0 Å². The van der Waals surface area contributed by atoms with Gasteiger partial charge in [0.15, 0.2) is 0 Å². The normalized spacial score (nSPS) is 10.5. The Morgan fingerprint density at radius 3 is 2.47 bits per heavy atom. The monoisotopic (exact) mass is 272 g/mol. The molecule has 15 heavy (non-hydrogen) atoms. The van der Waals surface area contributed by atoms with Gasteiger partial charge in [-0.1, -0.05) is 29.8 Å². The molecule has 0 aliphatic rings. The lowest BCUT2D eigenvalue weighted by atomic mass is 9.99. The SMILES string of the molecule is COc1c(C(=O)O)cc(Br)cc1C(C)C. The van der Waals surface area contributed by atoms with Gasteiger partial charge in [-0.3, -0.25) is 0 Å². The molecular formula is C11H13BrO3. The predicted molar refractivity (Wildman–Crippen MR) is 61.7 cm³/mol. The molecule has 1 rings (SSSR count). The van der Waals surface area contributed by atoms with Gasteiger partial charge in [0.25, 0.3) is 0 Å². The van der Waals surface area contributed by atoms with E-state index in [-0.39, 0.29) is 11.5 Å². The molecule has 0 saturated carbocycles. The van der Waals surface area contributed by atoms with E-state index in [2.05, 4.69) is 15.9 Å². The van der Waals surface area contributed by atoms with E-state index in [1.807, 2.05) is 19.9 Å². The van der Waals surface area contributed by atoms with Crippen molar-refractivity contribution in [1.82, 2.24) is 0 Å². The smallest absolute Gasteiger partial charge is 0.339 e. The van der Waals surface area contributed by atoms with E-state index < -0.39 is 5.97 Å². The highest BCUT2D eigenvalue weighted by molar-refractivity contribution is 9.10. The molecule has 0 radical (unpaired) electrons. The van der Waals surface area contributed by atoms with E-state index in [0.29, 0.717) is 5.75 Å². The van der Waals surface area contributed by atoms with Crippen molar-refractivity contribution in [3.63, 3.8) is 0 Å². The fourth-order valence-electron chi connectivity index (χ4n) is 1.43. The minimum atomic E-state index is -0.977. The molecule has 0 saturated heterocycles. The summed E-state index contributed by atoms with van der Waals surface area (Å²) >= 11 is 3.29. The molecule has 1 aromatic rings. The van der Waals surface area contributed by atoms with Gasteiger partial charge in [-0.25, -0.2) is 4.79 Å². The lowest BCUT2D eigenvalue weighted by molar-refractivity contribution is 0.0693. The van der Waals surface area contributed by atoms with Gasteiger partial charge in [0.1, 0.15) is 11.3 Å². The summed E-state index contributed by atoms with van der Waals surface area (Å²) < 4.78 is 5.91. The van der Waals surface area contributed by atoms with Gasteiger partial charge in [0.2, 0.25) is 0 Å². The zero-order valence-corrected chi connectivity index (χ0v) is 10.5. The van der Waals surface area contributed by atoms with Crippen molar-refractivity contribution >= 4 is 21.9 Å². The van der Waals surface area contributed by atoms with Crippen LogP contribution in [0.5, 0.6) is 5.75 Å². The van der Waals surface area contributed by atoms with Crippen LogP contribution in [0.1, 0.15) is 35.7 Å². The molecule has 82 valence electrons. The third-order valence-corrected chi connectivity index (χ3v) is 2.60. The first-order chi connectivity index (χ1) is 6.97. The van der Waals surface area contributed by atoms with Gasteiger partial charge in [0, 0.05) is 4.47 Å². The molecule has 0 amide bonds. The minimum absolute atomic E-state index is 0.190. The lowest BCUT2D eigenvalue weighted by Crippen LogP contribution is -2.04. The summed E-state index contributed by atoms with van der Waals surface area (Å²) in [5.41, 5.74) is 1.08. The van der Waals surface area contributed by atoms with Crippen molar-refractivity contribution in [3.8, 4) is 5.75 Å². The van der Waals surface area contributed by atoms with Gasteiger partial charge >= 0.3 is 5.97 Å². The van der Waals surface area contributed by atoms with Gasteiger partial charge in [-0.05, 0) is 23.6 Å². The van der Waals surface area contributed by atoms with Crippen LogP contribution in [-0.4, -0.2) is 18.2 Å². The molecule has 0 fully saturated rings. The summed E-state index contributed by atoms with van der Waals surface area (Å²) in [7, 11) is 1.49. The summed E-state index contributed by atoms with van der Waals surface area (Å²) in [6.45, 7) is 3.99. The summed E-state index contributed by atoms with van der Waals surface area (Å²) in [5, 5.41) is 9.03. The summed E-state index contributed by atoms with van der Waals surface area (Å²) in [5.74, 6) is -0.314. The van der Waals surface area contributed by atoms with E-state index in [1.54, 1.807) is 6.07 Å². The summed E-state index contributed by atoms with van der Waals surface area (Å²) in [6, 6.07) is 3.43. The number of benzene rings is 1. The highest BCUT2D eigenvalue weighted by Gasteiger charge is 2.17. The third-order valence-electron chi connectivity index (χ3n) is 2.14. The Bertz CT molecular complexity index is 386. The maximum Gasteiger partial charge on any atom is 0.339 e. The molecule has 0 heterocycles. The van der Waals surface area contributed by atoms with Crippen LogP contribution in [0.2, 0.25) is 0 Å². The number of carboxylic acids is 1. The van der Waals surface area contributed by atoms with Crippen LogP contribution in [0.3, 0.4) is 0 Å². The molecule has 0 atom stereocenters. The Balaban J connectivity index is 3.45. The van der Waals surface area contributed by atoms with Crippen molar-refractivity contribution in [1.29, 1.82) is 0 Å². The average molecular weight is 273 g/mol. The van der Waals surface area contributed by atoms with Crippen molar-refractivity contribution in [2.45, 2.75) is 19.8 Å². The van der Waals surface area contributed by atoms with Crippen molar-refractivity contribution < 1.29 is 14.6 Å². The number of carbonyl (C=O) groups is 1. The molecule has 1 N–H and O–H groups in total. The highest BCUT2D eigenvalue weighted by atomic mass is 79.9. The molecule has 0 aliphatic heterocycles. The topological polar surface area (TPSA) is 46.5 Å². The summed E-state index contributed by atoms with van der Waals surface area (Å²) in [4.78, 5) is 11.0. The molecule has 3 nitrogen and oxygen atoms in total. The molecule has 0 unspecified atom stereocenters. The van der Waals surface area contributed by atoms with Crippen LogP contribution in [0.4, 0.5) is 0 Å². The second-order valence-electron chi connectivity index (χ2n) is 3.54. The van der Waals surface area contributed by atoms with Gasteiger partial charge in [-0.2, -0.15) is 0 Å². The van der Waals surface area contributed by atoms with Crippen LogP contribution < -0.4 is 4.74 Å². The van der Waals surface area contributed by atoms with Crippen LogP contribution in [0, 0.1) is 0 Å². The molecular weight excluding hydrogens is 260 g/mol. The number of aromatic carboxylic acids is 1. The van der Waals surface area contributed by atoms with Gasteiger partial charge in [0.05, 0.1) is 7.11 Å². The first-order valence-electron chi connectivity index (χ1n) is 4.58. The van der Waals surface area contributed by atoms with Gasteiger partial charge in [-0.15, -0.1) is 0 Å². The predicted octanol–water partition coefficient (Wildman–Crippen LogP) is 3.28. The van der Waals surface area contributed by atoms with Gasteiger partial charge < -0.3 is 9.84 Å². The Labute approximate surface area is 97.2 Å². The van der Waals surface area contributed by atoms with Crippen LogP contribution in [-0.2, 0) is 0 Å². The first-order valence-corrected chi connectivity index (χ1v) is 5.37. The number of halogens is 1. The quantitative estimate of drug-likeness (QED) is 0.919. The number of methoxy groups -OCH3 is 1. The Morgan fingerprint density at radius 1 is 1.47 bits per heavy atom. The molecule has 4 heteroatoms. The fourth-order valence-corrected chi connectivity index (χ4v) is 1.91. The van der Waals surface area contributed by atoms with E-state index in [9.17, 15) is 4.79 Å². The van der Waals surface area contributed by atoms with Crippen molar-refractivity contribution in [3.05, 3.63) is 27.7 Å². The number of carboxylic acid groups (broad SMARTS) is 1. The number of rotatable bonds is 3. The number of ether oxygens (including phenoxy) is 1. The van der Waals surface area contributed by atoms with Crippen LogP contribution >= 0.6 is 15.9 Å². The Hall–Kier alpha value is -1.03. The first kappa shape index (κ1) is 12.0. The molecule has 0 spiro atoms. The fraction of sp³-hybridized carbons (Fsp3) is 0.364. The standard InChI is InChI=1S/C11H13BrO3/c1-6(2)8-4-7(12)5-9(11(13)14)10(8)15-3/h4-6H,1-3H3,(H,13,14). The zero-order valence-electron chi connectivity index (χ0n) is 8.87. The second kappa shape index (κ2) is 4.66. The van der Waals surface area contributed by atoms with Crippen molar-refractivity contribution in [2.24, 2.45) is 0 Å². The lowest BCUT2D eigenvalue weighted by Gasteiger charge is -2.14. The number of hydrogen-bond donors (Lipinski definition) is 1. The molecule has 0 aromatic heterocycles. The molecule has 1 aromatic carbocycles. The Kier molecular flexibility index (Phi) is 3.74.